The Balaban J connectivity index is 2.25. The SMILES string of the molecule is COC1(c2ccc(C(C)(C)O)cc2)CC1. The summed E-state index contributed by atoms with van der Waals surface area (Å²) < 4.78 is 5.50. The van der Waals surface area contributed by atoms with Crippen molar-refractivity contribution in [3.63, 3.8) is 0 Å². The molecule has 0 unspecified atom stereocenters. The Labute approximate surface area is 90.9 Å². The lowest BCUT2D eigenvalue weighted by Crippen LogP contribution is -2.16. The van der Waals surface area contributed by atoms with Crippen LogP contribution in [0, 0.1) is 0 Å². The van der Waals surface area contributed by atoms with Crippen LogP contribution in [0.2, 0.25) is 0 Å². The van der Waals surface area contributed by atoms with Gasteiger partial charge in [0.15, 0.2) is 0 Å². The van der Waals surface area contributed by atoms with E-state index in [-0.39, 0.29) is 5.60 Å². The highest BCUT2D eigenvalue weighted by Gasteiger charge is 2.44. The monoisotopic (exact) mass is 206 g/mol. The lowest BCUT2D eigenvalue weighted by molar-refractivity contribution is 0.0752. The van der Waals surface area contributed by atoms with Crippen molar-refractivity contribution in [2.24, 2.45) is 0 Å². The molecule has 0 aromatic heterocycles. The third-order valence-electron chi connectivity index (χ3n) is 3.21. The van der Waals surface area contributed by atoms with Crippen molar-refractivity contribution in [3.05, 3.63) is 35.4 Å². The van der Waals surface area contributed by atoms with Gasteiger partial charge in [-0.3, -0.25) is 0 Å². The van der Waals surface area contributed by atoms with E-state index in [0.717, 1.165) is 18.4 Å². The van der Waals surface area contributed by atoms with Gasteiger partial charge >= 0.3 is 0 Å². The third-order valence-corrected chi connectivity index (χ3v) is 3.21. The molecule has 1 aromatic rings. The zero-order valence-electron chi connectivity index (χ0n) is 9.58. The predicted octanol–water partition coefficient (Wildman–Crippen LogP) is 2.55. The molecule has 0 saturated heterocycles. The largest absolute Gasteiger partial charge is 0.386 e. The standard InChI is InChI=1S/C13H18O2/c1-12(2,14)10-4-6-11(7-5-10)13(15-3)8-9-13/h4-7,14H,8-9H2,1-3H3. The number of rotatable bonds is 3. The normalized spacial score (nSPS) is 18.9. The average Bonchev–Trinajstić information content (AvgIpc) is 2.97. The minimum Gasteiger partial charge on any atom is -0.386 e. The molecule has 1 fully saturated rings. The number of aliphatic hydroxyl groups is 1. The van der Waals surface area contributed by atoms with Crippen molar-refractivity contribution < 1.29 is 9.84 Å². The fourth-order valence-corrected chi connectivity index (χ4v) is 1.91. The van der Waals surface area contributed by atoms with Crippen LogP contribution in [-0.2, 0) is 15.9 Å². The summed E-state index contributed by atoms with van der Waals surface area (Å²) in [7, 11) is 1.76. The predicted molar refractivity (Wildman–Crippen MR) is 59.6 cm³/mol. The Morgan fingerprint density at radius 3 is 2.07 bits per heavy atom. The fraction of sp³-hybridized carbons (Fsp3) is 0.538. The van der Waals surface area contributed by atoms with Crippen LogP contribution in [0.15, 0.2) is 24.3 Å². The summed E-state index contributed by atoms with van der Waals surface area (Å²) in [5, 5.41) is 9.82. The average molecular weight is 206 g/mol. The molecular weight excluding hydrogens is 188 g/mol. The Hall–Kier alpha value is -0.860. The molecule has 1 aliphatic carbocycles. The smallest absolute Gasteiger partial charge is 0.0929 e. The summed E-state index contributed by atoms with van der Waals surface area (Å²) in [6.45, 7) is 3.59. The van der Waals surface area contributed by atoms with E-state index in [2.05, 4.69) is 12.1 Å². The van der Waals surface area contributed by atoms with Crippen LogP contribution in [-0.4, -0.2) is 12.2 Å². The number of hydrogen-bond acceptors (Lipinski definition) is 2. The van der Waals surface area contributed by atoms with Gasteiger partial charge in [-0.25, -0.2) is 0 Å². The van der Waals surface area contributed by atoms with Crippen molar-refractivity contribution >= 4 is 0 Å². The molecule has 0 bridgehead atoms. The quantitative estimate of drug-likeness (QED) is 0.823. The molecule has 15 heavy (non-hydrogen) atoms. The molecular formula is C13H18O2. The van der Waals surface area contributed by atoms with Crippen molar-refractivity contribution in [3.8, 4) is 0 Å². The van der Waals surface area contributed by atoms with Crippen LogP contribution >= 0.6 is 0 Å². The first-order chi connectivity index (χ1) is 6.98. The van der Waals surface area contributed by atoms with Gasteiger partial charge in [0.25, 0.3) is 0 Å². The van der Waals surface area contributed by atoms with Crippen molar-refractivity contribution in [2.45, 2.75) is 37.9 Å². The fourth-order valence-electron chi connectivity index (χ4n) is 1.91. The first-order valence-corrected chi connectivity index (χ1v) is 5.36. The van der Waals surface area contributed by atoms with Gasteiger partial charge in [0, 0.05) is 7.11 Å². The minimum absolute atomic E-state index is 0.0296. The summed E-state index contributed by atoms with van der Waals surface area (Å²) in [5.74, 6) is 0. The third kappa shape index (κ3) is 1.92. The van der Waals surface area contributed by atoms with Crippen LogP contribution in [0.3, 0.4) is 0 Å². The molecule has 2 heteroatoms. The second-order valence-electron chi connectivity index (χ2n) is 4.83. The highest BCUT2D eigenvalue weighted by molar-refractivity contribution is 5.33. The Kier molecular flexibility index (Phi) is 2.36. The second kappa shape index (κ2) is 3.32. The molecule has 1 aromatic carbocycles. The van der Waals surface area contributed by atoms with Crippen molar-refractivity contribution in [1.29, 1.82) is 0 Å². The molecule has 82 valence electrons. The molecule has 2 rings (SSSR count). The van der Waals surface area contributed by atoms with Gasteiger partial charge in [0.1, 0.15) is 0 Å². The Morgan fingerprint density at radius 1 is 1.20 bits per heavy atom. The van der Waals surface area contributed by atoms with Gasteiger partial charge < -0.3 is 9.84 Å². The zero-order chi connectivity index (χ0) is 11.1. The highest BCUT2D eigenvalue weighted by atomic mass is 16.5. The van der Waals surface area contributed by atoms with Gasteiger partial charge in [-0.2, -0.15) is 0 Å². The summed E-state index contributed by atoms with van der Waals surface area (Å²) >= 11 is 0. The van der Waals surface area contributed by atoms with E-state index in [9.17, 15) is 5.11 Å². The zero-order valence-corrected chi connectivity index (χ0v) is 9.58. The lowest BCUT2D eigenvalue weighted by atomic mass is 9.96. The molecule has 1 saturated carbocycles. The van der Waals surface area contributed by atoms with E-state index in [4.69, 9.17) is 4.74 Å². The van der Waals surface area contributed by atoms with E-state index in [1.807, 2.05) is 12.1 Å². The summed E-state index contributed by atoms with van der Waals surface area (Å²) in [6, 6.07) is 8.08. The maximum Gasteiger partial charge on any atom is 0.0929 e. The van der Waals surface area contributed by atoms with Crippen LogP contribution in [0.25, 0.3) is 0 Å². The van der Waals surface area contributed by atoms with E-state index in [1.165, 1.54) is 5.56 Å². The van der Waals surface area contributed by atoms with Gasteiger partial charge in [0.2, 0.25) is 0 Å². The topological polar surface area (TPSA) is 29.5 Å². The highest BCUT2D eigenvalue weighted by Crippen LogP contribution is 2.48. The van der Waals surface area contributed by atoms with Crippen molar-refractivity contribution in [2.75, 3.05) is 7.11 Å². The maximum absolute atomic E-state index is 9.82. The van der Waals surface area contributed by atoms with Gasteiger partial charge in [-0.1, -0.05) is 24.3 Å². The molecule has 0 atom stereocenters. The summed E-state index contributed by atoms with van der Waals surface area (Å²) in [6.07, 6.45) is 2.21. The number of benzene rings is 1. The van der Waals surface area contributed by atoms with Crippen LogP contribution in [0.4, 0.5) is 0 Å². The number of ether oxygens (including phenoxy) is 1. The van der Waals surface area contributed by atoms with Crippen LogP contribution in [0.1, 0.15) is 37.8 Å². The molecule has 1 N–H and O–H groups in total. The van der Waals surface area contributed by atoms with Gasteiger partial charge in [0.05, 0.1) is 11.2 Å². The molecule has 2 nitrogen and oxygen atoms in total. The van der Waals surface area contributed by atoms with E-state index < -0.39 is 5.60 Å². The first kappa shape index (κ1) is 10.7. The summed E-state index contributed by atoms with van der Waals surface area (Å²) in [4.78, 5) is 0. The molecule has 1 aliphatic rings. The van der Waals surface area contributed by atoms with E-state index >= 15 is 0 Å². The molecule has 0 heterocycles. The van der Waals surface area contributed by atoms with Crippen LogP contribution < -0.4 is 0 Å². The van der Waals surface area contributed by atoms with Crippen molar-refractivity contribution in [1.82, 2.24) is 0 Å². The molecule has 0 spiro atoms. The minimum atomic E-state index is -0.762. The summed E-state index contributed by atoms with van der Waals surface area (Å²) in [5.41, 5.74) is 1.37. The second-order valence-corrected chi connectivity index (χ2v) is 4.83. The lowest BCUT2D eigenvalue weighted by Gasteiger charge is -2.19. The van der Waals surface area contributed by atoms with Crippen LogP contribution in [0.5, 0.6) is 0 Å². The Bertz CT molecular complexity index is 342. The number of methoxy groups -OCH3 is 1. The maximum atomic E-state index is 9.82. The van der Waals surface area contributed by atoms with Gasteiger partial charge in [-0.15, -0.1) is 0 Å². The Morgan fingerprint density at radius 2 is 1.73 bits per heavy atom. The molecule has 0 radical (unpaired) electrons. The van der Waals surface area contributed by atoms with E-state index in [0.29, 0.717) is 0 Å². The molecule has 0 aliphatic heterocycles. The molecule has 0 amide bonds. The first-order valence-electron chi connectivity index (χ1n) is 5.36. The number of hydrogen-bond donors (Lipinski definition) is 1. The van der Waals surface area contributed by atoms with Gasteiger partial charge in [-0.05, 0) is 37.8 Å². The van der Waals surface area contributed by atoms with E-state index in [1.54, 1.807) is 21.0 Å².